The molecule has 0 aliphatic rings. The first-order chi connectivity index (χ1) is 7.16. The average Bonchev–Trinajstić information content (AvgIpc) is 2.22. The van der Waals surface area contributed by atoms with Crippen LogP contribution in [0.15, 0.2) is 36.5 Å². The fourth-order valence-electron chi connectivity index (χ4n) is 1.30. The summed E-state index contributed by atoms with van der Waals surface area (Å²) in [4.78, 5) is 3.88. The molecule has 0 radical (unpaired) electrons. The first-order valence-electron chi connectivity index (χ1n) is 4.34. The zero-order chi connectivity index (χ0) is 10.8. The van der Waals surface area contributed by atoms with E-state index in [9.17, 15) is 4.39 Å². The van der Waals surface area contributed by atoms with Crippen LogP contribution in [-0.4, -0.2) is 4.98 Å². The van der Waals surface area contributed by atoms with E-state index in [1.807, 2.05) is 0 Å². The van der Waals surface area contributed by atoms with Gasteiger partial charge in [-0.2, -0.15) is 0 Å². The highest BCUT2D eigenvalue weighted by Gasteiger charge is 2.03. The Kier molecular flexibility index (Phi) is 2.56. The summed E-state index contributed by atoms with van der Waals surface area (Å²) >= 11 is 5.68. The molecule has 0 aliphatic heterocycles. The largest absolute Gasteiger partial charge is 0.384 e. The van der Waals surface area contributed by atoms with Crippen LogP contribution in [0, 0.1) is 5.82 Å². The molecule has 2 aromatic rings. The van der Waals surface area contributed by atoms with E-state index >= 15 is 0 Å². The number of halogens is 2. The SMILES string of the molecule is Nc1cc(-c2ccc(F)c(Cl)c2)ccn1. The molecule has 0 amide bonds. The Balaban J connectivity index is 2.50. The maximum Gasteiger partial charge on any atom is 0.141 e. The monoisotopic (exact) mass is 222 g/mol. The van der Waals surface area contributed by atoms with Gasteiger partial charge in [-0.3, -0.25) is 0 Å². The Morgan fingerprint density at radius 3 is 2.53 bits per heavy atom. The van der Waals surface area contributed by atoms with Crippen molar-refractivity contribution in [2.75, 3.05) is 5.73 Å². The van der Waals surface area contributed by atoms with Crippen molar-refractivity contribution in [1.82, 2.24) is 4.98 Å². The Morgan fingerprint density at radius 1 is 1.13 bits per heavy atom. The van der Waals surface area contributed by atoms with Gasteiger partial charge >= 0.3 is 0 Å². The van der Waals surface area contributed by atoms with Gasteiger partial charge in [0.15, 0.2) is 0 Å². The molecule has 0 aliphatic carbocycles. The number of nitrogens with zero attached hydrogens (tertiary/aromatic N) is 1. The Hall–Kier alpha value is -1.61. The van der Waals surface area contributed by atoms with E-state index in [1.54, 1.807) is 30.5 Å². The van der Waals surface area contributed by atoms with Gasteiger partial charge in [-0.25, -0.2) is 9.37 Å². The van der Waals surface area contributed by atoms with E-state index < -0.39 is 5.82 Å². The lowest BCUT2D eigenvalue weighted by Gasteiger charge is -2.03. The minimum atomic E-state index is -0.428. The second-order valence-electron chi connectivity index (χ2n) is 3.10. The van der Waals surface area contributed by atoms with Crippen molar-refractivity contribution in [3.63, 3.8) is 0 Å². The fourth-order valence-corrected chi connectivity index (χ4v) is 1.48. The summed E-state index contributed by atoms with van der Waals surface area (Å²) in [6, 6.07) is 8.04. The molecule has 1 aromatic heterocycles. The molecule has 0 fully saturated rings. The summed E-state index contributed by atoms with van der Waals surface area (Å²) in [5.74, 6) is -0.00427. The summed E-state index contributed by atoms with van der Waals surface area (Å²) in [7, 11) is 0. The van der Waals surface area contributed by atoms with Gasteiger partial charge < -0.3 is 5.73 Å². The molecule has 4 heteroatoms. The normalized spacial score (nSPS) is 10.3. The van der Waals surface area contributed by atoms with Gasteiger partial charge in [0.2, 0.25) is 0 Å². The molecule has 15 heavy (non-hydrogen) atoms. The molecule has 0 bridgehead atoms. The van der Waals surface area contributed by atoms with Gasteiger partial charge in [0, 0.05) is 6.20 Å². The third-order valence-electron chi connectivity index (χ3n) is 2.03. The first kappa shape index (κ1) is 9.93. The molecule has 1 heterocycles. The van der Waals surface area contributed by atoms with Crippen LogP contribution in [0.1, 0.15) is 0 Å². The maximum absolute atomic E-state index is 12.9. The van der Waals surface area contributed by atoms with Crippen molar-refractivity contribution in [3.8, 4) is 11.1 Å². The highest BCUT2D eigenvalue weighted by atomic mass is 35.5. The summed E-state index contributed by atoms with van der Waals surface area (Å²) in [6.45, 7) is 0. The van der Waals surface area contributed by atoms with Crippen molar-refractivity contribution < 1.29 is 4.39 Å². The smallest absolute Gasteiger partial charge is 0.141 e. The van der Waals surface area contributed by atoms with Crippen LogP contribution in [-0.2, 0) is 0 Å². The van der Waals surface area contributed by atoms with E-state index in [2.05, 4.69) is 4.98 Å². The minimum absolute atomic E-state index is 0.0999. The van der Waals surface area contributed by atoms with Crippen LogP contribution < -0.4 is 5.73 Å². The second-order valence-corrected chi connectivity index (χ2v) is 3.51. The van der Waals surface area contributed by atoms with E-state index in [0.717, 1.165) is 11.1 Å². The standard InChI is InChI=1S/C11H8ClFN2/c12-9-5-7(1-2-10(9)13)8-3-4-15-11(14)6-8/h1-6H,(H2,14,15). The molecule has 2 nitrogen and oxygen atoms in total. The second kappa shape index (κ2) is 3.87. The number of nitrogen functional groups attached to an aromatic ring is 1. The van der Waals surface area contributed by atoms with Crippen molar-refractivity contribution in [3.05, 3.63) is 47.4 Å². The lowest BCUT2D eigenvalue weighted by atomic mass is 10.1. The Morgan fingerprint density at radius 2 is 1.87 bits per heavy atom. The number of anilines is 1. The predicted octanol–water partition coefficient (Wildman–Crippen LogP) is 3.12. The molecule has 0 unspecified atom stereocenters. The zero-order valence-electron chi connectivity index (χ0n) is 7.74. The number of hydrogen-bond donors (Lipinski definition) is 1. The van der Waals surface area contributed by atoms with E-state index in [1.165, 1.54) is 6.07 Å². The van der Waals surface area contributed by atoms with Crippen LogP contribution in [0.25, 0.3) is 11.1 Å². The number of aromatic nitrogens is 1. The molecule has 0 atom stereocenters. The lowest BCUT2D eigenvalue weighted by molar-refractivity contribution is 0.628. The van der Waals surface area contributed by atoms with Crippen LogP contribution >= 0.6 is 11.6 Å². The van der Waals surface area contributed by atoms with Crippen molar-refractivity contribution in [1.29, 1.82) is 0 Å². The average molecular weight is 223 g/mol. The quantitative estimate of drug-likeness (QED) is 0.805. The fraction of sp³-hybridized carbons (Fsp3) is 0. The first-order valence-corrected chi connectivity index (χ1v) is 4.71. The molecular formula is C11H8ClFN2. The van der Waals surface area contributed by atoms with Crippen LogP contribution in [0.3, 0.4) is 0 Å². The number of nitrogens with two attached hydrogens (primary N) is 1. The van der Waals surface area contributed by atoms with Crippen LogP contribution in [0.2, 0.25) is 5.02 Å². The summed E-state index contributed by atoms with van der Waals surface area (Å²) < 4.78 is 12.9. The topological polar surface area (TPSA) is 38.9 Å². The maximum atomic E-state index is 12.9. The highest BCUT2D eigenvalue weighted by molar-refractivity contribution is 6.31. The summed E-state index contributed by atoms with van der Waals surface area (Å²) in [6.07, 6.45) is 1.60. The minimum Gasteiger partial charge on any atom is -0.384 e. The lowest BCUT2D eigenvalue weighted by Crippen LogP contribution is -1.89. The summed E-state index contributed by atoms with van der Waals surface area (Å²) in [5, 5.41) is 0.0999. The van der Waals surface area contributed by atoms with Gasteiger partial charge in [0.1, 0.15) is 11.6 Å². The van der Waals surface area contributed by atoms with Gasteiger partial charge in [0.05, 0.1) is 5.02 Å². The van der Waals surface area contributed by atoms with Gasteiger partial charge in [-0.15, -0.1) is 0 Å². The number of hydrogen-bond acceptors (Lipinski definition) is 2. The van der Waals surface area contributed by atoms with E-state index in [0.29, 0.717) is 5.82 Å². The van der Waals surface area contributed by atoms with Gasteiger partial charge in [-0.1, -0.05) is 17.7 Å². The third-order valence-corrected chi connectivity index (χ3v) is 2.32. The predicted molar refractivity (Wildman–Crippen MR) is 59.1 cm³/mol. The number of rotatable bonds is 1. The molecular weight excluding hydrogens is 215 g/mol. The Labute approximate surface area is 91.5 Å². The molecule has 2 rings (SSSR count). The van der Waals surface area contributed by atoms with Gasteiger partial charge in [0.25, 0.3) is 0 Å². The Bertz CT molecular complexity index is 500. The summed E-state index contributed by atoms with van der Waals surface area (Å²) in [5.41, 5.74) is 7.23. The molecule has 76 valence electrons. The third kappa shape index (κ3) is 2.07. The molecule has 2 N–H and O–H groups in total. The molecule has 0 saturated carbocycles. The highest BCUT2D eigenvalue weighted by Crippen LogP contribution is 2.25. The van der Waals surface area contributed by atoms with Crippen LogP contribution in [0.5, 0.6) is 0 Å². The van der Waals surface area contributed by atoms with Crippen molar-refractivity contribution >= 4 is 17.4 Å². The molecule has 0 saturated heterocycles. The number of benzene rings is 1. The van der Waals surface area contributed by atoms with Crippen molar-refractivity contribution in [2.45, 2.75) is 0 Å². The molecule has 1 aromatic carbocycles. The van der Waals surface area contributed by atoms with Gasteiger partial charge in [-0.05, 0) is 35.4 Å². The van der Waals surface area contributed by atoms with E-state index in [4.69, 9.17) is 17.3 Å². The van der Waals surface area contributed by atoms with E-state index in [-0.39, 0.29) is 5.02 Å². The van der Waals surface area contributed by atoms with Crippen LogP contribution in [0.4, 0.5) is 10.2 Å². The zero-order valence-corrected chi connectivity index (χ0v) is 8.50. The molecule has 0 spiro atoms. The number of pyridine rings is 1. The van der Waals surface area contributed by atoms with Crippen molar-refractivity contribution in [2.24, 2.45) is 0 Å².